The lowest BCUT2D eigenvalue weighted by Gasteiger charge is -2.19. The maximum absolute atomic E-state index is 12.5. The number of hydrogen-bond acceptors (Lipinski definition) is 6. The van der Waals surface area contributed by atoms with Crippen molar-refractivity contribution in [2.45, 2.75) is 53.8 Å². The molecule has 0 fully saturated rings. The van der Waals surface area contributed by atoms with Gasteiger partial charge in [-0.15, -0.1) is 0 Å². The number of hydrogen-bond donors (Lipinski definition) is 3. The molecular weight excluding hydrogens is 342 g/mol. The molecule has 0 aliphatic carbocycles. The van der Waals surface area contributed by atoms with Gasteiger partial charge < -0.3 is 20.2 Å². The van der Waals surface area contributed by atoms with Crippen molar-refractivity contribution < 1.29 is 28.7 Å². The fourth-order valence-corrected chi connectivity index (χ4v) is 2.39. The Morgan fingerprint density at radius 1 is 1.00 bits per heavy atom. The molecule has 0 saturated carbocycles. The van der Waals surface area contributed by atoms with E-state index in [9.17, 15) is 19.2 Å². The molecule has 144 valence electrons. The number of carbonyl (C=O) groups excluding carboxylic acids is 4. The van der Waals surface area contributed by atoms with Gasteiger partial charge in [0.2, 0.25) is 0 Å². The molecule has 0 unspecified atom stereocenters. The van der Waals surface area contributed by atoms with Crippen LogP contribution in [0.5, 0.6) is 0 Å². The number of ether oxygens (including phenoxy) is 2. The van der Waals surface area contributed by atoms with E-state index in [1.807, 2.05) is 5.32 Å². The molecule has 1 aromatic rings. The Morgan fingerprint density at radius 2 is 1.58 bits per heavy atom. The SMILES string of the molecule is Cc1[nH]c(C(=O)O[C@@H](C(=O)NC(N)=O)C(C)C)c(C)c1C(=O)OC(C)C. The summed E-state index contributed by atoms with van der Waals surface area (Å²) in [5.41, 5.74) is 6.01. The van der Waals surface area contributed by atoms with E-state index < -0.39 is 35.9 Å². The fourth-order valence-electron chi connectivity index (χ4n) is 2.39. The molecule has 1 rings (SSSR count). The Labute approximate surface area is 151 Å². The maximum Gasteiger partial charge on any atom is 0.355 e. The smallest absolute Gasteiger partial charge is 0.355 e. The highest BCUT2D eigenvalue weighted by molar-refractivity contribution is 6.00. The van der Waals surface area contributed by atoms with Gasteiger partial charge in [0, 0.05) is 5.69 Å². The molecule has 0 aromatic carbocycles. The van der Waals surface area contributed by atoms with Gasteiger partial charge >= 0.3 is 18.0 Å². The van der Waals surface area contributed by atoms with E-state index in [2.05, 4.69) is 4.98 Å². The second-order valence-electron chi connectivity index (χ2n) is 6.50. The Hall–Kier alpha value is -2.84. The van der Waals surface area contributed by atoms with E-state index in [0.717, 1.165) is 0 Å². The number of nitrogens with one attached hydrogen (secondary N) is 2. The van der Waals surface area contributed by atoms with Gasteiger partial charge in [0.1, 0.15) is 5.69 Å². The van der Waals surface area contributed by atoms with Gasteiger partial charge in [0.15, 0.2) is 6.10 Å². The highest BCUT2D eigenvalue weighted by Gasteiger charge is 2.31. The van der Waals surface area contributed by atoms with Crippen molar-refractivity contribution in [2.24, 2.45) is 11.7 Å². The summed E-state index contributed by atoms with van der Waals surface area (Å²) in [5, 5.41) is 1.89. The summed E-state index contributed by atoms with van der Waals surface area (Å²) in [6, 6.07) is -1.04. The second kappa shape index (κ2) is 8.50. The van der Waals surface area contributed by atoms with Crippen LogP contribution in [-0.4, -0.2) is 41.1 Å². The zero-order valence-electron chi connectivity index (χ0n) is 15.8. The first-order valence-electron chi connectivity index (χ1n) is 8.17. The summed E-state index contributed by atoms with van der Waals surface area (Å²) in [5.74, 6) is -2.61. The molecule has 4 N–H and O–H groups in total. The number of urea groups is 1. The normalized spacial score (nSPS) is 12.0. The molecule has 3 amide bonds. The third-order valence-electron chi connectivity index (χ3n) is 3.53. The van der Waals surface area contributed by atoms with Gasteiger partial charge in [0.25, 0.3) is 5.91 Å². The third kappa shape index (κ3) is 5.08. The number of aromatic amines is 1. The van der Waals surface area contributed by atoms with E-state index in [1.54, 1.807) is 41.5 Å². The van der Waals surface area contributed by atoms with Crippen molar-refractivity contribution in [1.82, 2.24) is 10.3 Å². The quantitative estimate of drug-likeness (QED) is 0.652. The van der Waals surface area contributed by atoms with Crippen molar-refractivity contribution >= 4 is 23.9 Å². The van der Waals surface area contributed by atoms with E-state index in [-0.39, 0.29) is 17.4 Å². The van der Waals surface area contributed by atoms with Crippen molar-refractivity contribution in [3.63, 3.8) is 0 Å². The summed E-state index contributed by atoms with van der Waals surface area (Å²) in [6.07, 6.45) is -1.53. The lowest BCUT2D eigenvalue weighted by atomic mass is 10.1. The van der Waals surface area contributed by atoms with Crippen LogP contribution in [-0.2, 0) is 14.3 Å². The Bertz CT molecular complexity index is 720. The minimum atomic E-state index is -1.22. The standard InChI is InChI=1S/C17H25N3O6/c1-7(2)13(14(21)20-17(18)24)26-16(23)12-9(5)11(10(6)19-12)15(22)25-8(3)4/h7-8,13,19H,1-6H3,(H3,18,20,21,24)/t13-/m1/s1. The third-order valence-corrected chi connectivity index (χ3v) is 3.53. The zero-order chi connectivity index (χ0) is 20.2. The first-order chi connectivity index (χ1) is 12.0. The largest absolute Gasteiger partial charge is 0.459 e. The molecule has 9 heteroatoms. The first-order valence-corrected chi connectivity index (χ1v) is 8.17. The topological polar surface area (TPSA) is 141 Å². The van der Waals surface area contributed by atoms with Crippen LogP contribution in [0.3, 0.4) is 0 Å². The summed E-state index contributed by atoms with van der Waals surface area (Å²) >= 11 is 0. The van der Waals surface area contributed by atoms with Crippen LogP contribution in [0.15, 0.2) is 0 Å². The average Bonchev–Trinajstić information content (AvgIpc) is 2.77. The molecule has 0 saturated heterocycles. The highest BCUT2D eigenvalue weighted by atomic mass is 16.6. The van der Waals surface area contributed by atoms with Crippen LogP contribution < -0.4 is 11.1 Å². The number of primary amides is 1. The fraction of sp³-hybridized carbons (Fsp3) is 0.529. The Kier molecular flexibility index (Phi) is 6.93. The van der Waals surface area contributed by atoms with Crippen molar-refractivity contribution in [3.05, 3.63) is 22.5 Å². The average molecular weight is 367 g/mol. The summed E-state index contributed by atoms with van der Waals surface area (Å²) < 4.78 is 10.4. The molecule has 26 heavy (non-hydrogen) atoms. The number of rotatable bonds is 6. The lowest BCUT2D eigenvalue weighted by molar-refractivity contribution is -0.130. The molecule has 0 bridgehead atoms. The van der Waals surface area contributed by atoms with Gasteiger partial charge in [-0.25, -0.2) is 14.4 Å². The number of carbonyl (C=O) groups is 4. The number of nitrogens with two attached hydrogens (primary N) is 1. The maximum atomic E-state index is 12.5. The Morgan fingerprint density at radius 3 is 2.04 bits per heavy atom. The van der Waals surface area contributed by atoms with E-state index in [4.69, 9.17) is 15.2 Å². The van der Waals surface area contributed by atoms with Gasteiger partial charge in [-0.3, -0.25) is 10.1 Å². The van der Waals surface area contributed by atoms with Gasteiger partial charge in [-0.05, 0) is 39.2 Å². The van der Waals surface area contributed by atoms with Crippen LogP contribution in [0.1, 0.15) is 59.8 Å². The molecule has 0 spiro atoms. The van der Waals surface area contributed by atoms with Crippen LogP contribution >= 0.6 is 0 Å². The number of imide groups is 1. The number of amides is 3. The first kappa shape index (κ1) is 21.2. The second-order valence-corrected chi connectivity index (χ2v) is 6.50. The minimum Gasteiger partial charge on any atom is -0.459 e. The number of esters is 2. The van der Waals surface area contributed by atoms with Crippen molar-refractivity contribution in [2.75, 3.05) is 0 Å². The van der Waals surface area contributed by atoms with E-state index in [1.165, 1.54) is 0 Å². The number of aryl methyl sites for hydroxylation is 1. The minimum absolute atomic E-state index is 0.0377. The lowest BCUT2D eigenvalue weighted by Crippen LogP contribution is -2.45. The van der Waals surface area contributed by atoms with E-state index in [0.29, 0.717) is 11.3 Å². The predicted octanol–water partition coefficient (Wildman–Crippen LogP) is 1.57. The number of aromatic nitrogens is 1. The summed E-state index contributed by atoms with van der Waals surface area (Å²) in [6.45, 7) is 9.93. The van der Waals surface area contributed by atoms with Crippen LogP contribution in [0, 0.1) is 19.8 Å². The summed E-state index contributed by atoms with van der Waals surface area (Å²) in [4.78, 5) is 50.3. The predicted molar refractivity (Wildman–Crippen MR) is 92.6 cm³/mol. The Balaban J connectivity index is 3.08. The molecule has 1 atom stereocenters. The molecular formula is C17H25N3O6. The monoisotopic (exact) mass is 367 g/mol. The summed E-state index contributed by atoms with van der Waals surface area (Å²) in [7, 11) is 0. The number of H-pyrrole nitrogens is 1. The van der Waals surface area contributed by atoms with Gasteiger partial charge in [-0.2, -0.15) is 0 Å². The van der Waals surface area contributed by atoms with Gasteiger partial charge in [0.05, 0.1) is 11.7 Å². The molecule has 0 aliphatic rings. The molecule has 0 aliphatic heterocycles. The molecule has 0 radical (unpaired) electrons. The van der Waals surface area contributed by atoms with Crippen molar-refractivity contribution in [1.29, 1.82) is 0 Å². The van der Waals surface area contributed by atoms with Crippen LogP contribution in [0.25, 0.3) is 0 Å². The van der Waals surface area contributed by atoms with E-state index >= 15 is 0 Å². The van der Waals surface area contributed by atoms with Gasteiger partial charge in [-0.1, -0.05) is 13.8 Å². The molecule has 1 aromatic heterocycles. The molecule has 9 nitrogen and oxygen atoms in total. The van der Waals surface area contributed by atoms with Crippen LogP contribution in [0.4, 0.5) is 4.79 Å². The molecule has 1 heterocycles. The van der Waals surface area contributed by atoms with Crippen LogP contribution in [0.2, 0.25) is 0 Å². The van der Waals surface area contributed by atoms with Crippen molar-refractivity contribution in [3.8, 4) is 0 Å². The highest BCUT2D eigenvalue weighted by Crippen LogP contribution is 2.21. The zero-order valence-corrected chi connectivity index (χ0v) is 15.8.